The Balaban J connectivity index is 2.80. The molecule has 1 unspecified atom stereocenters. The topological polar surface area (TPSA) is 75.3 Å². The van der Waals surface area contributed by atoms with E-state index in [1.807, 2.05) is 0 Å². The van der Waals surface area contributed by atoms with Crippen molar-refractivity contribution < 1.29 is 13.2 Å². The molecule has 5 nitrogen and oxygen atoms in total. The van der Waals surface area contributed by atoms with Gasteiger partial charge in [0.2, 0.25) is 15.9 Å². The van der Waals surface area contributed by atoms with E-state index in [1.54, 1.807) is 13.8 Å². The second-order valence-electron chi connectivity index (χ2n) is 4.46. The Labute approximate surface area is 118 Å². The monoisotopic (exact) mass is 304 g/mol. The molecule has 0 bridgehead atoms. The number of benzene rings is 1. The summed E-state index contributed by atoms with van der Waals surface area (Å²) in [6.07, 6.45) is 0. The predicted octanol–water partition coefficient (Wildman–Crippen LogP) is 1.53. The van der Waals surface area contributed by atoms with Gasteiger partial charge in [0, 0.05) is 11.1 Å². The van der Waals surface area contributed by atoms with Crippen molar-refractivity contribution in [2.24, 2.45) is 0 Å². The molecule has 0 radical (unpaired) electrons. The van der Waals surface area contributed by atoms with E-state index in [9.17, 15) is 13.2 Å². The zero-order valence-corrected chi connectivity index (χ0v) is 12.5. The first kappa shape index (κ1) is 15.9. The van der Waals surface area contributed by atoms with Crippen LogP contribution in [-0.4, -0.2) is 26.4 Å². The summed E-state index contributed by atoms with van der Waals surface area (Å²) in [4.78, 5) is 11.7. The molecule has 0 aliphatic heterocycles. The van der Waals surface area contributed by atoms with Crippen molar-refractivity contribution in [2.75, 3.05) is 0 Å². The number of nitrogens with one attached hydrogen (secondary N) is 2. The molecule has 7 heteroatoms. The van der Waals surface area contributed by atoms with Gasteiger partial charge in [-0.3, -0.25) is 4.79 Å². The highest BCUT2D eigenvalue weighted by molar-refractivity contribution is 7.89. The maximum Gasteiger partial charge on any atom is 0.241 e. The number of sulfonamides is 1. The standard InChI is InChI=1S/C12H17ClN2O3S/c1-8(2)14-12(16)9(3)15-19(17,18)11-6-4-10(13)5-7-11/h4-9,15H,1-3H3,(H,14,16). The molecule has 0 aliphatic rings. The van der Waals surface area contributed by atoms with E-state index in [2.05, 4.69) is 10.0 Å². The SMILES string of the molecule is CC(C)NC(=O)C(C)NS(=O)(=O)c1ccc(Cl)cc1. The van der Waals surface area contributed by atoms with Crippen LogP contribution in [-0.2, 0) is 14.8 Å². The Bertz CT molecular complexity index is 541. The second-order valence-corrected chi connectivity index (χ2v) is 6.61. The molecule has 106 valence electrons. The van der Waals surface area contributed by atoms with Crippen LogP contribution in [0.2, 0.25) is 5.02 Å². The van der Waals surface area contributed by atoms with E-state index < -0.39 is 16.1 Å². The summed E-state index contributed by atoms with van der Waals surface area (Å²) in [7, 11) is -3.73. The van der Waals surface area contributed by atoms with Crippen LogP contribution in [0, 0.1) is 0 Å². The summed E-state index contributed by atoms with van der Waals surface area (Å²) in [5, 5.41) is 3.09. The molecule has 1 rings (SSSR count). The zero-order valence-electron chi connectivity index (χ0n) is 11.0. The van der Waals surface area contributed by atoms with Crippen molar-refractivity contribution in [3.63, 3.8) is 0 Å². The van der Waals surface area contributed by atoms with Crippen LogP contribution >= 0.6 is 11.6 Å². The minimum absolute atomic E-state index is 0.0463. The Hall–Kier alpha value is -1.11. The minimum atomic E-state index is -3.73. The van der Waals surface area contributed by atoms with Crippen LogP contribution in [0.25, 0.3) is 0 Å². The van der Waals surface area contributed by atoms with E-state index in [0.29, 0.717) is 5.02 Å². The molecule has 0 saturated heterocycles. The summed E-state index contributed by atoms with van der Waals surface area (Å²) < 4.78 is 26.3. The molecule has 1 aromatic carbocycles. The summed E-state index contributed by atoms with van der Waals surface area (Å²) in [6, 6.07) is 4.84. The third-order valence-electron chi connectivity index (χ3n) is 2.28. The van der Waals surface area contributed by atoms with Gasteiger partial charge in [0.15, 0.2) is 0 Å². The number of halogens is 1. The molecule has 19 heavy (non-hydrogen) atoms. The number of hydrogen-bond donors (Lipinski definition) is 2. The fourth-order valence-corrected chi connectivity index (χ4v) is 2.71. The van der Waals surface area contributed by atoms with Gasteiger partial charge in [-0.2, -0.15) is 4.72 Å². The van der Waals surface area contributed by atoms with Gasteiger partial charge in [0.25, 0.3) is 0 Å². The van der Waals surface area contributed by atoms with Crippen LogP contribution in [0.1, 0.15) is 20.8 Å². The van der Waals surface area contributed by atoms with Crippen molar-refractivity contribution in [2.45, 2.75) is 37.8 Å². The predicted molar refractivity (Wildman–Crippen MR) is 74.5 cm³/mol. The minimum Gasteiger partial charge on any atom is -0.353 e. The van der Waals surface area contributed by atoms with Gasteiger partial charge < -0.3 is 5.32 Å². The Morgan fingerprint density at radius 2 is 1.68 bits per heavy atom. The van der Waals surface area contributed by atoms with E-state index >= 15 is 0 Å². The summed E-state index contributed by atoms with van der Waals surface area (Å²) in [5.41, 5.74) is 0. The molecular weight excluding hydrogens is 288 g/mol. The number of carbonyl (C=O) groups excluding carboxylic acids is 1. The van der Waals surface area contributed by atoms with E-state index in [-0.39, 0.29) is 16.8 Å². The van der Waals surface area contributed by atoms with Gasteiger partial charge in [-0.15, -0.1) is 0 Å². The van der Waals surface area contributed by atoms with Crippen molar-refractivity contribution in [3.8, 4) is 0 Å². The average molecular weight is 305 g/mol. The lowest BCUT2D eigenvalue weighted by atomic mass is 10.3. The highest BCUT2D eigenvalue weighted by Gasteiger charge is 2.22. The Kier molecular flexibility index (Phi) is 5.34. The first-order chi connectivity index (χ1) is 8.72. The van der Waals surface area contributed by atoms with Crippen LogP contribution in [0.5, 0.6) is 0 Å². The molecule has 1 atom stereocenters. The Morgan fingerprint density at radius 3 is 2.16 bits per heavy atom. The molecular formula is C12H17ClN2O3S. The summed E-state index contributed by atoms with van der Waals surface area (Å²) in [5.74, 6) is -0.368. The van der Waals surface area contributed by atoms with Gasteiger partial charge in [-0.1, -0.05) is 11.6 Å². The van der Waals surface area contributed by atoms with Gasteiger partial charge >= 0.3 is 0 Å². The van der Waals surface area contributed by atoms with Crippen LogP contribution < -0.4 is 10.0 Å². The number of amides is 1. The maximum atomic E-state index is 12.0. The largest absolute Gasteiger partial charge is 0.353 e. The smallest absolute Gasteiger partial charge is 0.241 e. The molecule has 2 N–H and O–H groups in total. The van der Waals surface area contributed by atoms with Gasteiger partial charge in [0.05, 0.1) is 10.9 Å². The molecule has 0 saturated carbocycles. The molecule has 0 aromatic heterocycles. The quantitative estimate of drug-likeness (QED) is 0.866. The van der Waals surface area contributed by atoms with Gasteiger partial charge in [-0.05, 0) is 45.0 Å². The van der Waals surface area contributed by atoms with Crippen molar-refractivity contribution in [1.29, 1.82) is 0 Å². The van der Waals surface area contributed by atoms with Gasteiger partial charge in [-0.25, -0.2) is 8.42 Å². The molecule has 0 aliphatic carbocycles. The average Bonchev–Trinajstić information content (AvgIpc) is 2.27. The van der Waals surface area contributed by atoms with E-state index in [0.717, 1.165) is 0 Å². The molecule has 1 aromatic rings. The molecule has 0 fully saturated rings. The first-order valence-electron chi connectivity index (χ1n) is 5.80. The number of carbonyl (C=O) groups is 1. The summed E-state index contributed by atoms with van der Waals surface area (Å²) >= 11 is 5.70. The maximum absolute atomic E-state index is 12.0. The lowest BCUT2D eigenvalue weighted by molar-refractivity contribution is -0.122. The summed E-state index contributed by atoms with van der Waals surface area (Å²) in [6.45, 7) is 5.10. The third-order valence-corrected chi connectivity index (χ3v) is 4.09. The normalized spacial score (nSPS) is 13.3. The lowest BCUT2D eigenvalue weighted by Crippen LogP contribution is -2.46. The van der Waals surface area contributed by atoms with Crippen LogP contribution in [0.4, 0.5) is 0 Å². The van der Waals surface area contributed by atoms with Crippen LogP contribution in [0.15, 0.2) is 29.2 Å². The second kappa shape index (κ2) is 6.36. The highest BCUT2D eigenvalue weighted by atomic mass is 35.5. The lowest BCUT2D eigenvalue weighted by Gasteiger charge is -2.16. The van der Waals surface area contributed by atoms with Crippen molar-refractivity contribution in [3.05, 3.63) is 29.3 Å². The van der Waals surface area contributed by atoms with Gasteiger partial charge in [0.1, 0.15) is 0 Å². The molecule has 0 spiro atoms. The highest BCUT2D eigenvalue weighted by Crippen LogP contribution is 2.14. The van der Waals surface area contributed by atoms with Crippen LogP contribution in [0.3, 0.4) is 0 Å². The van der Waals surface area contributed by atoms with Crippen molar-refractivity contribution >= 4 is 27.5 Å². The van der Waals surface area contributed by atoms with E-state index in [1.165, 1.54) is 31.2 Å². The Morgan fingerprint density at radius 1 is 1.16 bits per heavy atom. The zero-order chi connectivity index (χ0) is 14.6. The molecule has 0 heterocycles. The fraction of sp³-hybridized carbons (Fsp3) is 0.417. The number of rotatable bonds is 5. The number of hydrogen-bond acceptors (Lipinski definition) is 3. The van der Waals surface area contributed by atoms with E-state index in [4.69, 9.17) is 11.6 Å². The van der Waals surface area contributed by atoms with Crippen molar-refractivity contribution in [1.82, 2.24) is 10.0 Å². The first-order valence-corrected chi connectivity index (χ1v) is 7.67. The fourth-order valence-electron chi connectivity index (χ4n) is 1.38. The molecule has 1 amide bonds. The third kappa shape index (κ3) is 4.81.